The molecular weight excluding hydrogens is 246 g/mol. The lowest BCUT2D eigenvalue weighted by molar-refractivity contribution is 0.161. The molecule has 0 fully saturated rings. The van der Waals surface area contributed by atoms with Crippen LogP contribution in [0.15, 0.2) is 24.3 Å². The Morgan fingerprint density at radius 2 is 2.05 bits per heavy atom. The first kappa shape index (κ1) is 15.4. The minimum atomic E-state index is 0.293. The van der Waals surface area contributed by atoms with Gasteiger partial charge in [-0.15, -0.1) is 0 Å². The van der Waals surface area contributed by atoms with Gasteiger partial charge in [-0.1, -0.05) is 45.9 Å². The number of para-hydroxylation sites is 1. The Kier molecular flexibility index (Phi) is 5.09. The maximum absolute atomic E-state index is 6.17. The van der Waals surface area contributed by atoms with Crippen LogP contribution in [-0.4, -0.2) is 18.7 Å². The summed E-state index contributed by atoms with van der Waals surface area (Å²) < 4.78 is 6.17. The lowest BCUT2D eigenvalue weighted by Crippen LogP contribution is -2.43. The van der Waals surface area contributed by atoms with Gasteiger partial charge < -0.3 is 10.1 Å². The van der Waals surface area contributed by atoms with Crippen molar-refractivity contribution in [3.63, 3.8) is 0 Å². The largest absolute Gasteiger partial charge is 0.488 e. The monoisotopic (exact) mass is 275 g/mol. The summed E-state index contributed by atoms with van der Waals surface area (Å²) in [5.74, 6) is 1.08. The van der Waals surface area contributed by atoms with Crippen molar-refractivity contribution in [3.05, 3.63) is 29.8 Å². The zero-order chi connectivity index (χ0) is 14.6. The van der Waals surface area contributed by atoms with Crippen molar-refractivity contribution in [3.8, 4) is 5.75 Å². The van der Waals surface area contributed by atoms with Gasteiger partial charge >= 0.3 is 0 Å². The number of hydrogen-bond donors (Lipinski definition) is 1. The third-order valence-corrected chi connectivity index (χ3v) is 3.98. The van der Waals surface area contributed by atoms with E-state index in [9.17, 15) is 0 Å². The molecule has 0 saturated heterocycles. The molecule has 0 saturated carbocycles. The molecule has 1 aromatic rings. The van der Waals surface area contributed by atoms with Crippen LogP contribution >= 0.6 is 0 Å². The van der Waals surface area contributed by atoms with Crippen LogP contribution in [0.2, 0.25) is 0 Å². The normalized spacial score (nSPS) is 19.5. The molecule has 0 radical (unpaired) electrons. The Morgan fingerprint density at radius 1 is 1.30 bits per heavy atom. The Bertz CT molecular complexity index is 397. The fourth-order valence-electron chi connectivity index (χ4n) is 2.77. The quantitative estimate of drug-likeness (QED) is 0.840. The van der Waals surface area contributed by atoms with Crippen molar-refractivity contribution in [2.75, 3.05) is 6.54 Å². The molecule has 0 spiro atoms. The molecule has 0 aromatic heterocycles. The number of fused-ring (bicyclic) bond motifs is 1. The third-order valence-electron chi connectivity index (χ3n) is 3.98. The van der Waals surface area contributed by atoms with E-state index in [0.29, 0.717) is 17.6 Å². The summed E-state index contributed by atoms with van der Waals surface area (Å²) in [5.41, 5.74) is 1.74. The molecule has 2 rings (SSSR count). The molecule has 2 nitrogen and oxygen atoms in total. The molecule has 112 valence electrons. The van der Waals surface area contributed by atoms with E-state index in [1.807, 2.05) is 0 Å². The highest BCUT2D eigenvalue weighted by molar-refractivity contribution is 5.37. The lowest BCUT2D eigenvalue weighted by Gasteiger charge is -2.28. The predicted molar refractivity (Wildman–Crippen MR) is 85.3 cm³/mol. The second-order valence-corrected chi connectivity index (χ2v) is 7.13. The van der Waals surface area contributed by atoms with Gasteiger partial charge in [-0.25, -0.2) is 0 Å². The summed E-state index contributed by atoms with van der Waals surface area (Å²) in [7, 11) is 0. The van der Waals surface area contributed by atoms with Crippen LogP contribution in [0.1, 0.15) is 52.5 Å². The van der Waals surface area contributed by atoms with Crippen molar-refractivity contribution in [1.29, 1.82) is 0 Å². The van der Waals surface area contributed by atoms with Crippen LogP contribution in [0, 0.1) is 5.41 Å². The molecule has 2 unspecified atom stereocenters. The van der Waals surface area contributed by atoms with E-state index in [2.05, 4.69) is 57.3 Å². The minimum Gasteiger partial charge on any atom is -0.488 e. The van der Waals surface area contributed by atoms with Gasteiger partial charge in [-0.2, -0.15) is 0 Å². The molecule has 1 aliphatic rings. The van der Waals surface area contributed by atoms with Gasteiger partial charge in [0.15, 0.2) is 0 Å². The second kappa shape index (κ2) is 6.62. The first-order chi connectivity index (χ1) is 9.49. The van der Waals surface area contributed by atoms with Gasteiger partial charge in [-0.3, -0.25) is 0 Å². The molecule has 2 atom stereocenters. The number of nitrogens with one attached hydrogen (secondary N) is 1. The lowest BCUT2D eigenvalue weighted by atomic mass is 9.87. The first-order valence-corrected chi connectivity index (χ1v) is 7.97. The zero-order valence-electron chi connectivity index (χ0n) is 13.4. The SMILES string of the molecule is CCCNC(CCC(C)(C)C)C1Cc2ccccc2O1. The van der Waals surface area contributed by atoms with Crippen LogP contribution < -0.4 is 10.1 Å². The summed E-state index contributed by atoms with van der Waals surface area (Å²) in [6.45, 7) is 10.2. The van der Waals surface area contributed by atoms with Crippen LogP contribution in [0.3, 0.4) is 0 Å². The van der Waals surface area contributed by atoms with E-state index >= 15 is 0 Å². The molecule has 2 heteroatoms. The summed E-state index contributed by atoms with van der Waals surface area (Å²) in [5, 5.41) is 3.69. The third kappa shape index (κ3) is 4.24. The van der Waals surface area contributed by atoms with Crippen molar-refractivity contribution < 1.29 is 4.74 Å². The van der Waals surface area contributed by atoms with Gasteiger partial charge in [0.25, 0.3) is 0 Å². The topological polar surface area (TPSA) is 21.3 Å². The fraction of sp³-hybridized carbons (Fsp3) is 0.667. The molecule has 20 heavy (non-hydrogen) atoms. The maximum Gasteiger partial charge on any atom is 0.123 e. The van der Waals surface area contributed by atoms with E-state index in [-0.39, 0.29) is 0 Å². The average Bonchev–Trinajstić information content (AvgIpc) is 2.81. The van der Waals surface area contributed by atoms with E-state index in [1.165, 1.54) is 24.8 Å². The summed E-state index contributed by atoms with van der Waals surface area (Å²) in [6, 6.07) is 8.91. The molecule has 1 N–H and O–H groups in total. The van der Waals surface area contributed by atoms with Gasteiger partial charge in [0.1, 0.15) is 11.9 Å². The fourth-order valence-corrected chi connectivity index (χ4v) is 2.77. The summed E-state index contributed by atoms with van der Waals surface area (Å²) >= 11 is 0. The molecule has 0 aliphatic carbocycles. The predicted octanol–water partition coefficient (Wildman–Crippen LogP) is 4.18. The van der Waals surface area contributed by atoms with Gasteiger partial charge in [0.2, 0.25) is 0 Å². The maximum atomic E-state index is 6.17. The molecular formula is C18H29NO. The molecule has 0 bridgehead atoms. The van der Waals surface area contributed by atoms with Crippen LogP contribution in [0.4, 0.5) is 0 Å². The highest BCUT2D eigenvalue weighted by atomic mass is 16.5. The summed E-state index contributed by atoms with van der Waals surface area (Å²) in [6.07, 6.45) is 4.92. The Hall–Kier alpha value is -1.02. The second-order valence-electron chi connectivity index (χ2n) is 7.13. The highest BCUT2D eigenvalue weighted by Crippen LogP contribution is 2.31. The number of ether oxygens (including phenoxy) is 1. The van der Waals surface area contributed by atoms with Crippen molar-refractivity contribution >= 4 is 0 Å². The highest BCUT2D eigenvalue weighted by Gasteiger charge is 2.30. The Labute approximate surface area is 123 Å². The van der Waals surface area contributed by atoms with Gasteiger partial charge in [0.05, 0.1) is 0 Å². The number of hydrogen-bond acceptors (Lipinski definition) is 2. The van der Waals surface area contributed by atoms with Crippen molar-refractivity contribution in [1.82, 2.24) is 5.32 Å². The molecule has 1 heterocycles. The molecule has 1 aromatic carbocycles. The van der Waals surface area contributed by atoms with E-state index in [0.717, 1.165) is 18.7 Å². The Balaban J connectivity index is 1.97. The summed E-state index contributed by atoms with van der Waals surface area (Å²) in [4.78, 5) is 0. The zero-order valence-corrected chi connectivity index (χ0v) is 13.4. The van der Waals surface area contributed by atoms with Crippen LogP contribution in [0.5, 0.6) is 5.75 Å². The van der Waals surface area contributed by atoms with E-state index in [4.69, 9.17) is 4.74 Å². The molecule has 0 amide bonds. The van der Waals surface area contributed by atoms with E-state index < -0.39 is 0 Å². The number of benzene rings is 1. The molecule has 1 aliphatic heterocycles. The number of rotatable bonds is 6. The van der Waals surface area contributed by atoms with Gasteiger partial charge in [0, 0.05) is 12.5 Å². The smallest absolute Gasteiger partial charge is 0.123 e. The van der Waals surface area contributed by atoms with Crippen molar-refractivity contribution in [2.45, 2.75) is 65.5 Å². The Morgan fingerprint density at radius 3 is 2.70 bits per heavy atom. The average molecular weight is 275 g/mol. The van der Waals surface area contributed by atoms with Gasteiger partial charge in [-0.05, 0) is 42.9 Å². The minimum absolute atomic E-state index is 0.293. The standard InChI is InChI=1S/C18H29NO/c1-5-12-19-15(10-11-18(2,3)4)17-13-14-8-6-7-9-16(14)20-17/h6-9,15,17,19H,5,10-13H2,1-4H3. The van der Waals surface area contributed by atoms with Crippen LogP contribution in [-0.2, 0) is 6.42 Å². The van der Waals surface area contributed by atoms with Crippen LogP contribution in [0.25, 0.3) is 0 Å². The van der Waals surface area contributed by atoms with E-state index in [1.54, 1.807) is 0 Å². The first-order valence-electron chi connectivity index (χ1n) is 7.97. The van der Waals surface area contributed by atoms with Crippen molar-refractivity contribution in [2.24, 2.45) is 5.41 Å².